The van der Waals surface area contributed by atoms with Gasteiger partial charge in [-0.15, -0.1) is 5.10 Å². The van der Waals surface area contributed by atoms with Gasteiger partial charge in [0.05, 0.1) is 5.56 Å². The van der Waals surface area contributed by atoms with Crippen molar-refractivity contribution in [2.45, 2.75) is 46.5 Å². The molecule has 0 radical (unpaired) electrons. The molecular weight excluding hydrogens is 373 g/mol. The number of hydrogen-bond acceptors (Lipinski definition) is 5. The molecule has 0 aliphatic carbocycles. The standard InChI is InChI=1S/C18H19F3N6O/c1-4-26-17(28)27-11(3)10(2)15(23-16(27)24-26)25-6-5-14-12(9-25)7-13(8-22-14)18(19,20)21/h7-8H,4-6,9H2,1-3H3. The van der Waals surface area contributed by atoms with Gasteiger partial charge in [0.15, 0.2) is 0 Å². The maximum absolute atomic E-state index is 13.0. The number of nitrogens with zero attached hydrogens (tertiary/aromatic N) is 6. The van der Waals surface area contributed by atoms with E-state index >= 15 is 0 Å². The maximum atomic E-state index is 13.0. The van der Waals surface area contributed by atoms with Crippen LogP contribution >= 0.6 is 0 Å². The molecule has 0 fully saturated rings. The number of alkyl halides is 3. The Morgan fingerprint density at radius 1 is 1.25 bits per heavy atom. The summed E-state index contributed by atoms with van der Waals surface area (Å²) in [6.45, 7) is 6.77. The molecule has 148 valence electrons. The molecule has 0 amide bonds. The molecule has 28 heavy (non-hydrogen) atoms. The summed E-state index contributed by atoms with van der Waals surface area (Å²) in [5.74, 6) is 0.916. The van der Waals surface area contributed by atoms with Crippen molar-refractivity contribution >= 4 is 11.6 Å². The highest BCUT2D eigenvalue weighted by Crippen LogP contribution is 2.32. The van der Waals surface area contributed by atoms with Crippen LogP contribution in [0.25, 0.3) is 5.78 Å². The van der Waals surface area contributed by atoms with E-state index in [-0.39, 0.29) is 18.0 Å². The van der Waals surface area contributed by atoms with Crippen molar-refractivity contribution in [3.8, 4) is 0 Å². The molecule has 1 aliphatic rings. The zero-order chi connectivity index (χ0) is 20.2. The Hall–Kier alpha value is -2.91. The lowest BCUT2D eigenvalue weighted by Gasteiger charge is -2.31. The van der Waals surface area contributed by atoms with E-state index in [2.05, 4.69) is 15.1 Å². The SMILES string of the molecule is CCn1nc2nc(N3CCc4ncc(C(F)(F)F)cc4C3)c(C)c(C)n2c1=O. The first-order valence-electron chi connectivity index (χ1n) is 8.97. The van der Waals surface area contributed by atoms with Crippen LogP contribution in [-0.2, 0) is 25.7 Å². The number of aryl methyl sites for hydroxylation is 2. The first-order valence-corrected chi connectivity index (χ1v) is 8.97. The number of aromatic nitrogens is 5. The van der Waals surface area contributed by atoms with Gasteiger partial charge in [0.1, 0.15) is 5.82 Å². The van der Waals surface area contributed by atoms with Crippen molar-refractivity contribution in [1.29, 1.82) is 0 Å². The molecule has 1 aliphatic heterocycles. The van der Waals surface area contributed by atoms with Gasteiger partial charge in [0.2, 0.25) is 0 Å². The summed E-state index contributed by atoms with van der Waals surface area (Å²) in [4.78, 5) is 22.9. The smallest absolute Gasteiger partial charge is 0.351 e. The van der Waals surface area contributed by atoms with E-state index in [0.29, 0.717) is 36.6 Å². The van der Waals surface area contributed by atoms with Gasteiger partial charge in [-0.3, -0.25) is 4.98 Å². The topological polar surface area (TPSA) is 68.3 Å². The number of pyridine rings is 1. The number of anilines is 1. The van der Waals surface area contributed by atoms with Crippen LogP contribution in [0.15, 0.2) is 17.1 Å². The maximum Gasteiger partial charge on any atom is 0.417 e. The zero-order valence-electron chi connectivity index (χ0n) is 15.7. The Kier molecular flexibility index (Phi) is 4.16. The molecule has 10 heteroatoms. The lowest BCUT2D eigenvalue weighted by Crippen LogP contribution is -2.33. The van der Waals surface area contributed by atoms with Gasteiger partial charge in [0, 0.05) is 49.2 Å². The van der Waals surface area contributed by atoms with Crippen molar-refractivity contribution < 1.29 is 13.2 Å². The van der Waals surface area contributed by atoms with Gasteiger partial charge in [-0.25, -0.2) is 13.9 Å². The number of rotatable bonds is 2. The molecule has 0 saturated heterocycles. The number of hydrogen-bond donors (Lipinski definition) is 0. The lowest BCUT2D eigenvalue weighted by atomic mass is 10.0. The molecule has 4 heterocycles. The second kappa shape index (κ2) is 6.32. The summed E-state index contributed by atoms with van der Waals surface area (Å²) < 4.78 is 41.9. The lowest BCUT2D eigenvalue weighted by molar-refractivity contribution is -0.137. The van der Waals surface area contributed by atoms with Crippen LogP contribution in [0.3, 0.4) is 0 Å². The first-order chi connectivity index (χ1) is 13.2. The van der Waals surface area contributed by atoms with E-state index < -0.39 is 11.7 Å². The van der Waals surface area contributed by atoms with Crippen LogP contribution in [0.1, 0.15) is 35.0 Å². The molecular formula is C18H19F3N6O. The highest BCUT2D eigenvalue weighted by atomic mass is 19.4. The molecule has 4 rings (SSSR count). The van der Waals surface area contributed by atoms with Crippen LogP contribution in [0, 0.1) is 13.8 Å². The summed E-state index contributed by atoms with van der Waals surface area (Å²) in [6, 6.07) is 1.16. The van der Waals surface area contributed by atoms with Crippen molar-refractivity contribution in [2.24, 2.45) is 0 Å². The fourth-order valence-electron chi connectivity index (χ4n) is 3.55. The predicted octanol–water partition coefficient (Wildman–Crippen LogP) is 2.50. The Morgan fingerprint density at radius 3 is 2.68 bits per heavy atom. The molecule has 3 aromatic heterocycles. The summed E-state index contributed by atoms with van der Waals surface area (Å²) >= 11 is 0. The van der Waals surface area contributed by atoms with Crippen molar-refractivity contribution in [1.82, 2.24) is 24.1 Å². The summed E-state index contributed by atoms with van der Waals surface area (Å²) in [5.41, 5.74) is 1.73. The molecule has 0 bridgehead atoms. The van der Waals surface area contributed by atoms with E-state index in [0.717, 1.165) is 23.5 Å². The Bertz CT molecular complexity index is 1130. The summed E-state index contributed by atoms with van der Waals surface area (Å²) in [6.07, 6.45) is -3.02. The van der Waals surface area contributed by atoms with E-state index in [4.69, 9.17) is 0 Å². The molecule has 0 spiro atoms. The minimum absolute atomic E-state index is 0.250. The highest BCUT2D eigenvalue weighted by Gasteiger charge is 2.33. The molecule has 0 saturated carbocycles. The Labute approximate surface area is 158 Å². The van der Waals surface area contributed by atoms with Crippen LogP contribution in [0.4, 0.5) is 19.0 Å². The molecule has 7 nitrogen and oxygen atoms in total. The van der Waals surface area contributed by atoms with Gasteiger partial charge in [-0.05, 0) is 32.4 Å². The van der Waals surface area contributed by atoms with Gasteiger partial charge in [-0.1, -0.05) is 0 Å². The van der Waals surface area contributed by atoms with Gasteiger partial charge < -0.3 is 4.90 Å². The monoisotopic (exact) mass is 392 g/mol. The van der Waals surface area contributed by atoms with E-state index in [9.17, 15) is 18.0 Å². The second-order valence-corrected chi connectivity index (χ2v) is 6.88. The molecule has 0 N–H and O–H groups in total. The minimum atomic E-state index is -4.43. The zero-order valence-corrected chi connectivity index (χ0v) is 15.7. The van der Waals surface area contributed by atoms with E-state index in [1.54, 1.807) is 0 Å². The first kappa shape index (κ1) is 18.5. The van der Waals surface area contributed by atoms with Crippen LogP contribution < -0.4 is 10.6 Å². The van der Waals surface area contributed by atoms with E-state index in [1.165, 1.54) is 9.08 Å². The molecule has 0 unspecified atom stereocenters. The fraction of sp³-hybridized carbons (Fsp3) is 0.444. The van der Waals surface area contributed by atoms with Crippen molar-refractivity contribution in [2.75, 3.05) is 11.4 Å². The largest absolute Gasteiger partial charge is 0.417 e. The molecule has 0 aromatic carbocycles. The second-order valence-electron chi connectivity index (χ2n) is 6.88. The number of fused-ring (bicyclic) bond motifs is 2. The van der Waals surface area contributed by atoms with Gasteiger partial charge >= 0.3 is 11.9 Å². The van der Waals surface area contributed by atoms with E-state index in [1.807, 2.05) is 25.7 Å². The van der Waals surface area contributed by atoms with Gasteiger partial charge in [-0.2, -0.15) is 18.2 Å². The van der Waals surface area contributed by atoms with Crippen molar-refractivity contribution in [3.63, 3.8) is 0 Å². The van der Waals surface area contributed by atoms with Gasteiger partial charge in [0.25, 0.3) is 5.78 Å². The fourth-order valence-corrected chi connectivity index (χ4v) is 3.55. The normalized spacial score (nSPS) is 14.6. The molecule has 3 aromatic rings. The predicted molar refractivity (Wildman–Crippen MR) is 96.4 cm³/mol. The van der Waals surface area contributed by atoms with Crippen LogP contribution in [0.2, 0.25) is 0 Å². The Balaban J connectivity index is 1.78. The average molecular weight is 392 g/mol. The third kappa shape index (κ3) is 2.83. The third-order valence-corrected chi connectivity index (χ3v) is 5.21. The van der Waals surface area contributed by atoms with Crippen LogP contribution in [0.5, 0.6) is 0 Å². The minimum Gasteiger partial charge on any atom is -0.351 e. The Morgan fingerprint density at radius 2 is 2.00 bits per heavy atom. The number of halogens is 3. The highest BCUT2D eigenvalue weighted by molar-refractivity contribution is 5.55. The van der Waals surface area contributed by atoms with Crippen LogP contribution in [-0.4, -0.2) is 30.7 Å². The summed E-state index contributed by atoms with van der Waals surface area (Å²) in [7, 11) is 0. The third-order valence-electron chi connectivity index (χ3n) is 5.21. The average Bonchev–Trinajstić information content (AvgIpc) is 2.98. The molecule has 0 atom stereocenters. The van der Waals surface area contributed by atoms with Crippen molar-refractivity contribution in [3.05, 3.63) is 50.8 Å². The quantitative estimate of drug-likeness (QED) is 0.670. The summed E-state index contributed by atoms with van der Waals surface area (Å²) in [5, 5.41) is 4.25.